The summed E-state index contributed by atoms with van der Waals surface area (Å²) in [4.78, 5) is 12.6. The highest BCUT2D eigenvalue weighted by Gasteiger charge is 2.36. The molecular weight excluding hydrogens is 158 g/mol. The predicted octanol–water partition coefficient (Wildman–Crippen LogP) is 0.311. The number of nitrogens with zero attached hydrogens (tertiary/aromatic N) is 1. The first kappa shape index (κ1) is 9.48. The maximum Gasteiger partial charge on any atom is 0.248 e. The number of aliphatic hydroxyl groups is 1. The molecule has 1 rings (SSSR count). The number of carbonyl (C=O) groups excluding carboxylic acids is 1. The van der Waals surface area contributed by atoms with Gasteiger partial charge in [-0.25, -0.2) is 0 Å². The van der Waals surface area contributed by atoms with E-state index in [1.807, 2.05) is 0 Å². The summed E-state index contributed by atoms with van der Waals surface area (Å²) in [6.07, 6.45) is 1.32. The van der Waals surface area contributed by atoms with Gasteiger partial charge in [0, 0.05) is 26.5 Å². The molecule has 1 heterocycles. The molecule has 1 aliphatic rings. The first-order chi connectivity index (χ1) is 5.58. The van der Waals surface area contributed by atoms with Gasteiger partial charge in [0.2, 0.25) is 11.8 Å². The number of amides is 1. The number of carbonyl (C=O) groups is 1. The van der Waals surface area contributed by atoms with E-state index < -0.39 is 5.91 Å². The summed E-state index contributed by atoms with van der Waals surface area (Å²) in [6, 6.07) is 0. The van der Waals surface area contributed by atoms with Crippen LogP contribution in [-0.2, 0) is 9.53 Å². The van der Waals surface area contributed by atoms with Gasteiger partial charge in [0.15, 0.2) is 0 Å². The van der Waals surface area contributed by atoms with Gasteiger partial charge in [-0.1, -0.05) is 0 Å². The summed E-state index contributed by atoms with van der Waals surface area (Å²) in [6.45, 7) is 4.28. The van der Waals surface area contributed by atoms with E-state index in [4.69, 9.17) is 4.74 Å². The Bertz CT molecular complexity index is 179. The molecule has 0 bridgehead atoms. The fourth-order valence-electron chi connectivity index (χ4n) is 1.44. The van der Waals surface area contributed by atoms with Gasteiger partial charge in [-0.05, 0) is 13.3 Å². The summed E-state index contributed by atoms with van der Waals surface area (Å²) in [7, 11) is 0. The molecule has 0 aromatic rings. The molecule has 1 fully saturated rings. The van der Waals surface area contributed by atoms with Gasteiger partial charge >= 0.3 is 0 Å². The van der Waals surface area contributed by atoms with Crippen molar-refractivity contribution in [2.45, 2.75) is 32.6 Å². The zero-order chi connectivity index (χ0) is 9.19. The van der Waals surface area contributed by atoms with Crippen LogP contribution in [0.5, 0.6) is 0 Å². The SMILES string of the molecule is CCOC(C)(O)N1CCCC1=O. The van der Waals surface area contributed by atoms with E-state index in [0.717, 1.165) is 6.42 Å². The van der Waals surface area contributed by atoms with E-state index >= 15 is 0 Å². The van der Waals surface area contributed by atoms with E-state index in [1.165, 1.54) is 11.8 Å². The Balaban J connectivity index is 2.60. The van der Waals surface area contributed by atoms with Crippen molar-refractivity contribution in [3.05, 3.63) is 0 Å². The molecule has 0 aromatic carbocycles. The summed E-state index contributed by atoms with van der Waals surface area (Å²) in [5.74, 6) is -1.45. The average Bonchev–Trinajstić information content (AvgIpc) is 2.35. The standard InChI is InChI=1S/C8H15NO3/c1-3-12-8(2,11)9-6-4-5-7(9)10/h11H,3-6H2,1-2H3. The van der Waals surface area contributed by atoms with Gasteiger partial charge < -0.3 is 9.84 Å². The minimum absolute atomic E-state index is 0.0338. The molecule has 4 heteroatoms. The molecule has 0 aromatic heterocycles. The highest BCUT2D eigenvalue weighted by molar-refractivity contribution is 5.78. The fraction of sp³-hybridized carbons (Fsp3) is 0.875. The van der Waals surface area contributed by atoms with Gasteiger partial charge in [-0.15, -0.1) is 0 Å². The van der Waals surface area contributed by atoms with E-state index in [9.17, 15) is 9.90 Å². The molecule has 0 radical (unpaired) electrons. The van der Waals surface area contributed by atoms with Crippen LogP contribution in [0.4, 0.5) is 0 Å². The first-order valence-electron chi connectivity index (χ1n) is 4.24. The molecule has 0 spiro atoms. The highest BCUT2D eigenvalue weighted by atomic mass is 16.6. The van der Waals surface area contributed by atoms with Crippen molar-refractivity contribution >= 4 is 5.91 Å². The molecule has 1 N–H and O–H groups in total. The van der Waals surface area contributed by atoms with Crippen LogP contribution in [0.15, 0.2) is 0 Å². The number of hydrogen-bond acceptors (Lipinski definition) is 3. The van der Waals surface area contributed by atoms with E-state index in [0.29, 0.717) is 19.6 Å². The van der Waals surface area contributed by atoms with Crippen LogP contribution >= 0.6 is 0 Å². The Morgan fingerprint density at radius 2 is 2.42 bits per heavy atom. The Labute approximate surface area is 72.1 Å². The van der Waals surface area contributed by atoms with Crippen LogP contribution in [0, 0.1) is 0 Å². The second-order valence-corrected chi connectivity index (χ2v) is 3.02. The topological polar surface area (TPSA) is 49.8 Å². The molecule has 70 valence electrons. The van der Waals surface area contributed by atoms with Crippen molar-refractivity contribution in [1.29, 1.82) is 0 Å². The lowest BCUT2D eigenvalue weighted by molar-refractivity contribution is -0.267. The predicted molar refractivity (Wildman–Crippen MR) is 43.2 cm³/mol. The van der Waals surface area contributed by atoms with Crippen LogP contribution in [-0.4, -0.2) is 35.0 Å². The third-order valence-electron chi connectivity index (χ3n) is 1.99. The molecular formula is C8H15NO3. The molecule has 1 unspecified atom stereocenters. The second kappa shape index (κ2) is 3.41. The molecule has 1 atom stereocenters. The van der Waals surface area contributed by atoms with Crippen LogP contribution in [0.25, 0.3) is 0 Å². The molecule has 0 saturated carbocycles. The van der Waals surface area contributed by atoms with E-state index in [2.05, 4.69) is 0 Å². The summed E-state index contributed by atoms with van der Waals surface area (Å²) in [5, 5.41) is 9.67. The van der Waals surface area contributed by atoms with Crippen LogP contribution < -0.4 is 0 Å². The summed E-state index contributed by atoms with van der Waals surface area (Å²) >= 11 is 0. The lowest BCUT2D eigenvalue weighted by atomic mass is 10.4. The molecule has 0 aliphatic carbocycles. The minimum Gasteiger partial charge on any atom is -0.349 e. The Kier molecular flexibility index (Phi) is 2.69. The maximum atomic E-state index is 11.2. The monoisotopic (exact) mass is 173 g/mol. The van der Waals surface area contributed by atoms with Crippen molar-refractivity contribution in [2.75, 3.05) is 13.2 Å². The molecule has 1 amide bonds. The largest absolute Gasteiger partial charge is 0.349 e. The Morgan fingerprint density at radius 1 is 1.75 bits per heavy atom. The zero-order valence-electron chi connectivity index (χ0n) is 7.54. The fourth-order valence-corrected chi connectivity index (χ4v) is 1.44. The lowest BCUT2D eigenvalue weighted by Gasteiger charge is -2.32. The molecule has 12 heavy (non-hydrogen) atoms. The molecule has 4 nitrogen and oxygen atoms in total. The van der Waals surface area contributed by atoms with Gasteiger partial charge in [0.25, 0.3) is 0 Å². The Hall–Kier alpha value is -0.610. The lowest BCUT2D eigenvalue weighted by Crippen LogP contribution is -2.49. The number of ether oxygens (including phenoxy) is 1. The van der Waals surface area contributed by atoms with Gasteiger partial charge in [0.1, 0.15) is 0 Å². The van der Waals surface area contributed by atoms with Gasteiger partial charge in [-0.3, -0.25) is 9.69 Å². The van der Waals surface area contributed by atoms with Crippen molar-refractivity contribution in [1.82, 2.24) is 4.90 Å². The average molecular weight is 173 g/mol. The molecule has 1 aliphatic heterocycles. The Morgan fingerprint density at radius 3 is 2.83 bits per heavy atom. The van der Waals surface area contributed by atoms with E-state index in [-0.39, 0.29) is 5.91 Å². The number of rotatable bonds is 3. The minimum atomic E-state index is -1.41. The number of hydrogen-bond donors (Lipinski definition) is 1. The van der Waals surface area contributed by atoms with Crippen LogP contribution in [0.3, 0.4) is 0 Å². The van der Waals surface area contributed by atoms with E-state index in [1.54, 1.807) is 6.92 Å². The van der Waals surface area contributed by atoms with Gasteiger partial charge in [-0.2, -0.15) is 0 Å². The second-order valence-electron chi connectivity index (χ2n) is 3.02. The van der Waals surface area contributed by atoms with Crippen LogP contribution in [0.1, 0.15) is 26.7 Å². The van der Waals surface area contributed by atoms with Gasteiger partial charge in [0.05, 0.1) is 0 Å². The first-order valence-corrected chi connectivity index (χ1v) is 4.24. The van der Waals surface area contributed by atoms with Crippen molar-refractivity contribution in [2.24, 2.45) is 0 Å². The smallest absolute Gasteiger partial charge is 0.248 e. The number of likely N-dealkylation sites (tertiary alicyclic amines) is 1. The summed E-state index contributed by atoms with van der Waals surface area (Å²) in [5.41, 5.74) is 0. The quantitative estimate of drug-likeness (QED) is 0.625. The summed E-state index contributed by atoms with van der Waals surface area (Å²) < 4.78 is 5.04. The normalized spacial score (nSPS) is 22.9. The molecule has 1 saturated heterocycles. The third kappa shape index (κ3) is 1.76. The third-order valence-corrected chi connectivity index (χ3v) is 1.99. The van der Waals surface area contributed by atoms with Crippen LogP contribution in [0.2, 0.25) is 0 Å². The zero-order valence-corrected chi connectivity index (χ0v) is 7.54. The van der Waals surface area contributed by atoms with Crippen molar-refractivity contribution in [3.8, 4) is 0 Å². The maximum absolute atomic E-state index is 11.2. The van der Waals surface area contributed by atoms with Crippen molar-refractivity contribution in [3.63, 3.8) is 0 Å². The highest BCUT2D eigenvalue weighted by Crippen LogP contribution is 2.20. The van der Waals surface area contributed by atoms with Crippen molar-refractivity contribution < 1.29 is 14.6 Å².